The van der Waals surface area contributed by atoms with Crippen LogP contribution in [-0.2, 0) is 0 Å². The topological polar surface area (TPSA) is 68.0 Å². The second kappa shape index (κ2) is 6.57. The number of rotatable bonds is 3. The summed E-state index contributed by atoms with van der Waals surface area (Å²) in [6.07, 6.45) is 1.61. The van der Waals surface area contributed by atoms with Crippen LogP contribution in [0.15, 0.2) is 65.2 Å². The van der Waals surface area contributed by atoms with Crippen LogP contribution in [0.3, 0.4) is 0 Å². The third-order valence-corrected chi connectivity index (χ3v) is 4.07. The monoisotopic (exact) mass is 367 g/mol. The number of hydrogen-bond acceptors (Lipinski definition) is 4. The van der Waals surface area contributed by atoms with E-state index >= 15 is 0 Å². The Balaban J connectivity index is 1.68. The minimum Gasteiger partial charge on any atom is -0.434 e. The first kappa shape index (κ1) is 16.2. The first-order chi connectivity index (χ1) is 12.6. The van der Waals surface area contributed by atoms with Crippen molar-refractivity contribution < 1.29 is 13.6 Å². The van der Waals surface area contributed by atoms with Gasteiger partial charge in [0, 0.05) is 11.9 Å². The molecule has 0 radical (unpaired) electrons. The van der Waals surface area contributed by atoms with E-state index in [0.29, 0.717) is 27.5 Å². The van der Waals surface area contributed by atoms with Gasteiger partial charge in [0.1, 0.15) is 5.82 Å². The van der Waals surface area contributed by atoms with E-state index in [1.807, 2.05) is 0 Å². The molecular weight excluding hydrogens is 357 g/mol. The lowest BCUT2D eigenvalue weighted by atomic mass is 10.1. The van der Waals surface area contributed by atoms with Crippen LogP contribution in [0.2, 0.25) is 5.02 Å². The van der Waals surface area contributed by atoms with Crippen molar-refractivity contribution in [3.8, 4) is 11.5 Å². The van der Waals surface area contributed by atoms with Crippen molar-refractivity contribution in [2.24, 2.45) is 0 Å². The second-order valence-corrected chi connectivity index (χ2v) is 5.88. The van der Waals surface area contributed by atoms with Crippen molar-refractivity contribution in [2.45, 2.75) is 0 Å². The van der Waals surface area contributed by atoms with E-state index in [1.54, 1.807) is 42.6 Å². The van der Waals surface area contributed by atoms with E-state index in [4.69, 9.17) is 16.0 Å². The van der Waals surface area contributed by atoms with E-state index in [2.05, 4.69) is 15.3 Å². The smallest absolute Gasteiger partial charge is 0.258 e. The average molecular weight is 368 g/mol. The van der Waals surface area contributed by atoms with Gasteiger partial charge in [0.05, 0.1) is 16.1 Å². The molecule has 0 spiro atoms. The summed E-state index contributed by atoms with van der Waals surface area (Å²) < 4.78 is 19.4. The van der Waals surface area contributed by atoms with Crippen molar-refractivity contribution in [1.82, 2.24) is 9.97 Å². The van der Waals surface area contributed by atoms with Gasteiger partial charge in [0.15, 0.2) is 11.2 Å². The lowest BCUT2D eigenvalue weighted by molar-refractivity contribution is 0.102. The molecule has 0 aliphatic heterocycles. The number of pyridine rings is 1. The molecule has 128 valence electrons. The number of nitrogens with one attached hydrogen (secondary N) is 1. The minimum absolute atomic E-state index is 0.0462. The molecule has 0 aliphatic rings. The number of aromatic nitrogens is 2. The Morgan fingerprint density at radius 3 is 2.77 bits per heavy atom. The molecule has 7 heteroatoms. The normalized spacial score (nSPS) is 10.8. The fourth-order valence-electron chi connectivity index (χ4n) is 2.49. The van der Waals surface area contributed by atoms with E-state index < -0.39 is 11.7 Å². The molecule has 4 aromatic rings. The van der Waals surface area contributed by atoms with E-state index in [1.165, 1.54) is 18.2 Å². The van der Waals surface area contributed by atoms with Crippen LogP contribution >= 0.6 is 11.6 Å². The number of carbonyl (C=O) groups excluding carboxylic acids is 1. The highest BCUT2D eigenvalue weighted by atomic mass is 35.5. The van der Waals surface area contributed by atoms with Gasteiger partial charge in [-0.2, -0.15) is 4.98 Å². The Bertz CT molecular complexity index is 1090. The molecule has 5 nitrogen and oxygen atoms in total. The molecule has 0 atom stereocenters. The molecule has 0 fully saturated rings. The second-order valence-electron chi connectivity index (χ2n) is 5.47. The summed E-state index contributed by atoms with van der Waals surface area (Å²) in [5.41, 5.74) is 1.87. The molecule has 1 amide bonds. The van der Waals surface area contributed by atoms with E-state index in [9.17, 15) is 9.18 Å². The Kier molecular flexibility index (Phi) is 4.10. The summed E-state index contributed by atoms with van der Waals surface area (Å²) in [7, 11) is 0. The lowest BCUT2D eigenvalue weighted by Crippen LogP contribution is -2.13. The van der Waals surface area contributed by atoms with Crippen LogP contribution in [0.5, 0.6) is 0 Å². The van der Waals surface area contributed by atoms with Crippen LogP contribution < -0.4 is 5.32 Å². The predicted molar refractivity (Wildman–Crippen MR) is 96.6 cm³/mol. The fourth-order valence-corrected chi connectivity index (χ4v) is 2.69. The Morgan fingerprint density at radius 2 is 1.96 bits per heavy atom. The van der Waals surface area contributed by atoms with Crippen LogP contribution in [0, 0.1) is 5.82 Å². The molecular formula is C19H11ClFN3O2. The molecule has 0 bridgehead atoms. The summed E-state index contributed by atoms with van der Waals surface area (Å²) in [4.78, 5) is 20.7. The van der Waals surface area contributed by atoms with Crippen molar-refractivity contribution in [2.75, 3.05) is 5.32 Å². The molecule has 26 heavy (non-hydrogen) atoms. The Labute approximate surface area is 152 Å². The third kappa shape index (κ3) is 3.02. The number of halogens is 2. The Morgan fingerprint density at radius 1 is 1.12 bits per heavy atom. The molecule has 2 heterocycles. The van der Waals surface area contributed by atoms with Crippen molar-refractivity contribution >= 4 is 34.4 Å². The van der Waals surface area contributed by atoms with E-state index in [-0.39, 0.29) is 11.5 Å². The lowest BCUT2D eigenvalue weighted by Gasteiger charge is -2.08. The molecule has 0 aliphatic carbocycles. The number of fused-ring (bicyclic) bond motifs is 1. The van der Waals surface area contributed by atoms with Gasteiger partial charge in [-0.3, -0.25) is 4.79 Å². The van der Waals surface area contributed by atoms with Crippen LogP contribution in [-0.4, -0.2) is 15.9 Å². The quantitative estimate of drug-likeness (QED) is 0.557. The molecule has 2 aromatic carbocycles. The zero-order valence-electron chi connectivity index (χ0n) is 13.2. The highest BCUT2D eigenvalue weighted by molar-refractivity contribution is 6.33. The number of oxazole rings is 1. The van der Waals surface area contributed by atoms with E-state index in [0.717, 1.165) is 0 Å². The maximum Gasteiger partial charge on any atom is 0.258 e. The minimum atomic E-state index is -0.593. The summed E-state index contributed by atoms with van der Waals surface area (Å²) in [5.74, 6) is -0.870. The highest BCUT2D eigenvalue weighted by Gasteiger charge is 2.15. The molecule has 2 aromatic heterocycles. The van der Waals surface area contributed by atoms with Gasteiger partial charge < -0.3 is 9.73 Å². The molecule has 0 unspecified atom stereocenters. The third-order valence-electron chi connectivity index (χ3n) is 3.74. The number of nitrogens with zero attached hydrogens (tertiary/aromatic N) is 2. The average Bonchev–Trinajstić information content (AvgIpc) is 3.07. The van der Waals surface area contributed by atoms with Gasteiger partial charge in [-0.05, 0) is 42.5 Å². The Hall–Kier alpha value is -3.25. The zero-order valence-corrected chi connectivity index (χ0v) is 14.0. The molecule has 0 saturated carbocycles. The summed E-state index contributed by atoms with van der Waals surface area (Å²) in [6.45, 7) is 0. The number of hydrogen-bond donors (Lipinski definition) is 1. The van der Waals surface area contributed by atoms with Crippen LogP contribution in [0.1, 0.15) is 10.4 Å². The van der Waals surface area contributed by atoms with Gasteiger partial charge in [0.2, 0.25) is 5.89 Å². The number of benzene rings is 2. The zero-order chi connectivity index (χ0) is 18.1. The number of anilines is 1. The van der Waals surface area contributed by atoms with Crippen molar-refractivity contribution in [3.05, 3.63) is 77.2 Å². The largest absolute Gasteiger partial charge is 0.434 e. The SMILES string of the molecule is O=C(Nc1ccc(Cl)c(-c2nc3ncccc3o2)c1)c1ccccc1F. The fraction of sp³-hybridized carbons (Fsp3) is 0. The maximum atomic E-state index is 13.8. The van der Waals surface area contributed by atoms with Gasteiger partial charge in [-0.25, -0.2) is 9.37 Å². The van der Waals surface area contributed by atoms with Crippen molar-refractivity contribution in [3.63, 3.8) is 0 Å². The van der Waals surface area contributed by atoms with Gasteiger partial charge in [0.25, 0.3) is 5.91 Å². The summed E-state index contributed by atoms with van der Waals surface area (Å²) >= 11 is 6.24. The molecule has 0 saturated heterocycles. The first-order valence-corrected chi connectivity index (χ1v) is 8.07. The number of amides is 1. The standard InChI is InChI=1S/C19H11ClFN3O2/c20-14-8-7-11(23-18(25)12-4-1-2-5-15(12)21)10-13(14)19-24-17-16(26-19)6-3-9-22-17/h1-10H,(H,23,25). The summed E-state index contributed by atoms with van der Waals surface area (Å²) in [5, 5.41) is 3.05. The number of carbonyl (C=O) groups is 1. The van der Waals surface area contributed by atoms with Gasteiger partial charge in [-0.1, -0.05) is 23.7 Å². The highest BCUT2D eigenvalue weighted by Crippen LogP contribution is 2.32. The van der Waals surface area contributed by atoms with Crippen LogP contribution in [0.25, 0.3) is 22.7 Å². The predicted octanol–water partition coefficient (Wildman–Crippen LogP) is 4.93. The van der Waals surface area contributed by atoms with Gasteiger partial charge >= 0.3 is 0 Å². The first-order valence-electron chi connectivity index (χ1n) is 7.69. The van der Waals surface area contributed by atoms with Crippen LogP contribution in [0.4, 0.5) is 10.1 Å². The molecule has 1 N–H and O–H groups in total. The van der Waals surface area contributed by atoms with Gasteiger partial charge in [-0.15, -0.1) is 0 Å². The maximum absolute atomic E-state index is 13.8. The summed E-state index contributed by atoms with van der Waals surface area (Å²) in [6, 6.07) is 14.1. The van der Waals surface area contributed by atoms with Crippen molar-refractivity contribution in [1.29, 1.82) is 0 Å². The molecule has 4 rings (SSSR count).